The van der Waals surface area contributed by atoms with Crippen LogP contribution in [0.2, 0.25) is 0 Å². The second-order valence-corrected chi connectivity index (χ2v) is 2.86. The summed E-state index contributed by atoms with van der Waals surface area (Å²) in [6.07, 6.45) is -2.45. The van der Waals surface area contributed by atoms with Gasteiger partial charge in [-0.05, 0) is 6.92 Å². The van der Waals surface area contributed by atoms with E-state index in [1.807, 2.05) is 0 Å². The van der Waals surface area contributed by atoms with Gasteiger partial charge in [0.1, 0.15) is 0 Å². The van der Waals surface area contributed by atoms with Crippen LogP contribution < -0.4 is 5.73 Å². The van der Waals surface area contributed by atoms with Crippen LogP contribution in [0, 0.1) is 6.92 Å². The smallest absolute Gasteiger partial charge is 0.274 e. The van der Waals surface area contributed by atoms with Gasteiger partial charge in [0.05, 0.1) is 10.6 Å². The van der Waals surface area contributed by atoms with Crippen molar-refractivity contribution in [1.29, 1.82) is 0 Å². The molecule has 0 aliphatic rings. The van der Waals surface area contributed by atoms with Crippen LogP contribution in [-0.2, 0) is 0 Å². The average Bonchev–Trinajstić information content (AvgIpc) is 2.10. The Labute approximate surface area is 60.7 Å². The molecule has 1 heterocycles. The number of thiazole rings is 1. The molecule has 1 rings (SSSR count). The lowest BCUT2D eigenvalue weighted by atomic mass is 10.4. The summed E-state index contributed by atoms with van der Waals surface area (Å²) in [5.74, 6) is 0. The Morgan fingerprint density at radius 2 is 2.20 bits per heavy atom. The lowest BCUT2D eigenvalue weighted by molar-refractivity contribution is 0.154. The van der Waals surface area contributed by atoms with Crippen molar-refractivity contribution in [3.8, 4) is 0 Å². The lowest BCUT2D eigenvalue weighted by Crippen LogP contribution is -1.82. The van der Waals surface area contributed by atoms with Gasteiger partial charge in [-0.3, -0.25) is 0 Å². The highest BCUT2D eigenvalue weighted by Gasteiger charge is 2.14. The molecule has 0 aliphatic carbocycles. The zero-order valence-corrected chi connectivity index (χ0v) is 6.08. The number of aromatic nitrogens is 1. The lowest BCUT2D eigenvalue weighted by Gasteiger charge is -1.91. The Bertz CT molecular complexity index is 234. The summed E-state index contributed by atoms with van der Waals surface area (Å²) in [4.78, 5) is 3.62. The van der Waals surface area contributed by atoms with E-state index in [1.54, 1.807) is 0 Å². The normalized spacial score (nSPS) is 10.8. The second-order valence-electron chi connectivity index (χ2n) is 1.80. The first kappa shape index (κ1) is 7.40. The molecule has 1 aromatic heterocycles. The topological polar surface area (TPSA) is 38.9 Å². The largest absolute Gasteiger partial charge is 0.375 e. The number of nitrogen functional groups attached to an aromatic ring is 1. The molecular weight excluding hydrogens is 158 g/mol. The van der Waals surface area contributed by atoms with Gasteiger partial charge in [-0.1, -0.05) is 11.3 Å². The van der Waals surface area contributed by atoms with Gasteiger partial charge in [-0.2, -0.15) is 0 Å². The molecule has 0 aromatic carbocycles. The van der Waals surface area contributed by atoms with Crippen LogP contribution >= 0.6 is 11.3 Å². The SMILES string of the molecule is Cc1nc(N)sc1C(F)F. The predicted octanol–water partition coefficient (Wildman–Crippen LogP) is 1.97. The molecule has 0 unspecified atom stereocenters. The molecule has 0 spiro atoms. The Morgan fingerprint density at radius 3 is 2.40 bits per heavy atom. The molecule has 0 atom stereocenters. The maximum Gasteiger partial charge on any atom is 0.274 e. The van der Waals surface area contributed by atoms with Gasteiger partial charge in [0.2, 0.25) is 0 Å². The number of hydrogen-bond acceptors (Lipinski definition) is 3. The number of nitrogens with two attached hydrogens (primary N) is 1. The van der Waals surface area contributed by atoms with Crippen LogP contribution in [-0.4, -0.2) is 4.98 Å². The summed E-state index contributed by atoms with van der Waals surface area (Å²) >= 11 is 0.839. The van der Waals surface area contributed by atoms with Crippen LogP contribution in [0.4, 0.5) is 13.9 Å². The third-order valence-electron chi connectivity index (χ3n) is 1.05. The molecule has 10 heavy (non-hydrogen) atoms. The van der Waals surface area contributed by atoms with E-state index in [1.165, 1.54) is 6.92 Å². The van der Waals surface area contributed by atoms with Crippen molar-refractivity contribution in [1.82, 2.24) is 4.98 Å². The molecular formula is C5H6F2N2S. The molecule has 2 nitrogen and oxygen atoms in total. The Kier molecular flexibility index (Phi) is 1.85. The van der Waals surface area contributed by atoms with E-state index in [0.29, 0.717) is 5.69 Å². The predicted molar refractivity (Wildman–Crippen MR) is 36.2 cm³/mol. The maximum absolute atomic E-state index is 12.0. The zero-order valence-electron chi connectivity index (χ0n) is 5.27. The second kappa shape index (κ2) is 2.49. The van der Waals surface area contributed by atoms with Gasteiger partial charge >= 0.3 is 0 Å². The quantitative estimate of drug-likeness (QED) is 0.689. The Morgan fingerprint density at radius 1 is 1.60 bits per heavy atom. The molecule has 1 aromatic rings. The van der Waals surface area contributed by atoms with E-state index in [-0.39, 0.29) is 10.0 Å². The fourth-order valence-corrected chi connectivity index (χ4v) is 1.32. The molecule has 0 bridgehead atoms. The third-order valence-corrected chi connectivity index (χ3v) is 2.04. The van der Waals surface area contributed by atoms with Gasteiger partial charge < -0.3 is 5.73 Å². The van der Waals surface area contributed by atoms with Gasteiger partial charge in [0.25, 0.3) is 6.43 Å². The van der Waals surface area contributed by atoms with Crippen molar-refractivity contribution in [2.24, 2.45) is 0 Å². The first-order valence-corrected chi connectivity index (χ1v) is 3.44. The number of alkyl halides is 2. The number of nitrogens with zero attached hydrogens (tertiary/aromatic N) is 1. The Balaban J connectivity index is 3.03. The maximum atomic E-state index is 12.0. The molecule has 56 valence electrons. The first-order valence-electron chi connectivity index (χ1n) is 2.62. The zero-order chi connectivity index (χ0) is 7.72. The van der Waals surface area contributed by atoms with Crippen LogP contribution in [0.5, 0.6) is 0 Å². The third kappa shape index (κ3) is 1.23. The molecule has 0 aliphatic heterocycles. The van der Waals surface area contributed by atoms with Crippen molar-refractivity contribution >= 4 is 16.5 Å². The molecule has 0 amide bonds. The number of rotatable bonds is 1. The summed E-state index contributed by atoms with van der Waals surface area (Å²) in [6.45, 7) is 1.52. The minimum Gasteiger partial charge on any atom is -0.375 e. The van der Waals surface area contributed by atoms with Crippen LogP contribution in [0.3, 0.4) is 0 Å². The fraction of sp³-hybridized carbons (Fsp3) is 0.400. The van der Waals surface area contributed by atoms with E-state index in [4.69, 9.17) is 5.73 Å². The summed E-state index contributed by atoms with van der Waals surface area (Å²) in [5.41, 5.74) is 5.52. The van der Waals surface area contributed by atoms with Crippen molar-refractivity contribution < 1.29 is 8.78 Å². The molecule has 0 saturated carbocycles. The summed E-state index contributed by atoms with van der Waals surface area (Å²) < 4.78 is 23.9. The van der Waals surface area contributed by atoms with Crippen LogP contribution in [0.15, 0.2) is 0 Å². The minimum absolute atomic E-state index is 0.0301. The number of halogens is 2. The highest BCUT2D eigenvalue weighted by atomic mass is 32.1. The number of hydrogen-bond donors (Lipinski definition) is 1. The molecule has 0 radical (unpaired) electrons. The monoisotopic (exact) mass is 164 g/mol. The minimum atomic E-state index is -2.45. The van der Waals surface area contributed by atoms with Crippen LogP contribution in [0.1, 0.15) is 17.0 Å². The summed E-state index contributed by atoms with van der Waals surface area (Å²) in [6, 6.07) is 0. The molecule has 5 heteroatoms. The van der Waals surface area contributed by atoms with Crippen molar-refractivity contribution in [3.63, 3.8) is 0 Å². The highest BCUT2D eigenvalue weighted by Crippen LogP contribution is 2.29. The number of anilines is 1. The van der Waals surface area contributed by atoms with Crippen molar-refractivity contribution in [2.45, 2.75) is 13.3 Å². The van der Waals surface area contributed by atoms with E-state index < -0.39 is 6.43 Å². The van der Waals surface area contributed by atoms with Crippen molar-refractivity contribution in [3.05, 3.63) is 10.6 Å². The average molecular weight is 164 g/mol. The Hall–Kier alpha value is -0.710. The van der Waals surface area contributed by atoms with Crippen molar-refractivity contribution in [2.75, 3.05) is 5.73 Å². The fourth-order valence-electron chi connectivity index (χ4n) is 0.632. The molecule has 0 saturated heterocycles. The van der Waals surface area contributed by atoms with Gasteiger partial charge in [0, 0.05) is 0 Å². The van der Waals surface area contributed by atoms with E-state index in [2.05, 4.69) is 4.98 Å². The standard InChI is InChI=1S/C5H6F2N2S/c1-2-3(4(6)7)10-5(8)9-2/h4H,1H3,(H2,8,9). The molecule has 0 fully saturated rings. The van der Waals surface area contributed by atoms with E-state index in [9.17, 15) is 8.78 Å². The van der Waals surface area contributed by atoms with E-state index in [0.717, 1.165) is 11.3 Å². The summed E-state index contributed by atoms with van der Waals surface area (Å²) in [5, 5.41) is 0.202. The number of aryl methyl sites for hydroxylation is 1. The molecule has 2 N–H and O–H groups in total. The highest BCUT2D eigenvalue weighted by molar-refractivity contribution is 7.15. The van der Waals surface area contributed by atoms with Gasteiger partial charge in [-0.25, -0.2) is 13.8 Å². The first-order chi connectivity index (χ1) is 4.61. The van der Waals surface area contributed by atoms with E-state index >= 15 is 0 Å². The van der Waals surface area contributed by atoms with Gasteiger partial charge in [0.15, 0.2) is 5.13 Å². The van der Waals surface area contributed by atoms with Crippen LogP contribution in [0.25, 0.3) is 0 Å². The van der Waals surface area contributed by atoms with Gasteiger partial charge in [-0.15, -0.1) is 0 Å². The summed E-state index contributed by atoms with van der Waals surface area (Å²) in [7, 11) is 0.